The van der Waals surface area contributed by atoms with Crippen LogP contribution < -0.4 is 5.32 Å². The molecular formula is C26H24N2O3. The number of carbonyl (C=O) groups excluding carboxylic acids is 3. The monoisotopic (exact) mass is 412 g/mol. The molecule has 1 atom stereocenters. The largest absolute Gasteiger partial charge is 0.345 e. The van der Waals surface area contributed by atoms with Crippen LogP contribution in [-0.4, -0.2) is 29.2 Å². The van der Waals surface area contributed by atoms with E-state index in [-0.39, 0.29) is 36.7 Å². The standard InChI is InChI=1S/C26H24N2O3/c1-18-13-15-20(16-14-18)24(19-8-3-2-4-9-19)27-23(29)12-7-17-28-25(30)21-10-5-6-11-22(21)26(28)31/h2-6,8-11,13-16,24H,7,12,17H2,1H3,(H,27,29)/t24-/m0/s1. The van der Waals surface area contributed by atoms with Crippen molar-refractivity contribution in [2.24, 2.45) is 0 Å². The van der Waals surface area contributed by atoms with Crippen LogP contribution in [0.4, 0.5) is 0 Å². The molecular weight excluding hydrogens is 388 g/mol. The molecule has 4 rings (SSSR count). The van der Waals surface area contributed by atoms with Gasteiger partial charge in [-0.05, 0) is 36.6 Å². The molecule has 0 bridgehead atoms. The molecule has 0 saturated carbocycles. The Morgan fingerprint density at radius 1 is 0.806 bits per heavy atom. The lowest BCUT2D eigenvalue weighted by Crippen LogP contribution is -2.33. The number of nitrogens with one attached hydrogen (secondary N) is 1. The highest BCUT2D eigenvalue weighted by molar-refractivity contribution is 6.21. The van der Waals surface area contributed by atoms with Crippen molar-refractivity contribution in [1.82, 2.24) is 10.2 Å². The molecule has 0 aromatic heterocycles. The van der Waals surface area contributed by atoms with E-state index in [1.165, 1.54) is 4.90 Å². The Bertz CT molecular complexity index is 1070. The van der Waals surface area contributed by atoms with E-state index in [9.17, 15) is 14.4 Å². The van der Waals surface area contributed by atoms with Crippen molar-refractivity contribution in [1.29, 1.82) is 0 Å². The fourth-order valence-corrected chi connectivity index (χ4v) is 3.84. The highest BCUT2D eigenvalue weighted by atomic mass is 16.2. The SMILES string of the molecule is Cc1ccc([C@@H](NC(=O)CCCN2C(=O)c3ccccc3C2=O)c2ccccc2)cc1. The van der Waals surface area contributed by atoms with Gasteiger partial charge in [0, 0.05) is 13.0 Å². The number of imide groups is 1. The third-order valence-electron chi connectivity index (χ3n) is 5.51. The van der Waals surface area contributed by atoms with Crippen LogP contribution >= 0.6 is 0 Å². The maximum Gasteiger partial charge on any atom is 0.261 e. The first-order chi connectivity index (χ1) is 15.0. The van der Waals surface area contributed by atoms with Crippen molar-refractivity contribution in [3.63, 3.8) is 0 Å². The van der Waals surface area contributed by atoms with Crippen LogP contribution in [0.5, 0.6) is 0 Å². The summed E-state index contributed by atoms with van der Waals surface area (Å²) in [5.41, 5.74) is 4.02. The maximum atomic E-state index is 12.7. The number of aryl methyl sites for hydroxylation is 1. The van der Waals surface area contributed by atoms with Crippen LogP contribution in [0.3, 0.4) is 0 Å². The van der Waals surface area contributed by atoms with Gasteiger partial charge in [-0.1, -0.05) is 72.3 Å². The van der Waals surface area contributed by atoms with Crippen LogP contribution in [0, 0.1) is 6.92 Å². The van der Waals surface area contributed by atoms with Crippen LogP contribution in [0.2, 0.25) is 0 Å². The predicted molar refractivity (Wildman–Crippen MR) is 119 cm³/mol. The summed E-state index contributed by atoms with van der Waals surface area (Å²) in [6.45, 7) is 2.25. The minimum absolute atomic E-state index is 0.119. The smallest absolute Gasteiger partial charge is 0.261 e. The van der Waals surface area contributed by atoms with Crippen molar-refractivity contribution in [3.8, 4) is 0 Å². The van der Waals surface area contributed by atoms with Gasteiger partial charge in [-0.15, -0.1) is 0 Å². The van der Waals surface area contributed by atoms with Gasteiger partial charge in [0.1, 0.15) is 0 Å². The van der Waals surface area contributed by atoms with E-state index >= 15 is 0 Å². The summed E-state index contributed by atoms with van der Waals surface area (Å²) in [5.74, 6) is -0.698. The zero-order valence-electron chi connectivity index (χ0n) is 17.4. The number of carbonyl (C=O) groups is 3. The summed E-state index contributed by atoms with van der Waals surface area (Å²) in [5, 5.41) is 3.11. The summed E-state index contributed by atoms with van der Waals surface area (Å²) in [6.07, 6.45) is 0.634. The fraction of sp³-hybridized carbons (Fsp3) is 0.192. The minimum Gasteiger partial charge on any atom is -0.345 e. The second-order valence-electron chi connectivity index (χ2n) is 7.73. The summed E-state index contributed by atoms with van der Waals surface area (Å²) >= 11 is 0. The number of fused-ring (bicyclic) bond motifs is 1. The molecule has 3 aromatic rings. The molecule has 1 aliphatic heterocycles. The zero-order chi connectivity index (χ0) is 21.8. The highest BCUT2D eigenvalue weighted by Gasteiger charge is 2.34. The second kappa shape index (κ2) is 8.96. The Morgan fingerprint density at radius 2 is 1.35 bits per heavy atom. The molecule has 1 N–H and O–H groups in total. The molecule has 156 valence electrons. The molecule has 3 amide bonds. The molecule has 5 nitrogen and oxygen atoms in total. The number of nitrogens with zero attached hydrogens (tertiary/aromatic N) is 1. The normalized spacial score (nSPS) is 13.8. The molecule has 0 fully saturated rings. The summed E-state index contributed by atoms with van der Waals surface area (Å²) < 4.78 is 0. The van der Waals surface area contributed by atoms with E-state index in [0.717, 1.165) is 16.7 Å². The van der Waals surface area contributed by atoms with E-state index in [0.29, 0.717) is 17.5 Å². The molecule has 0 spiro atoms. The van der Waals surface area contributed by atoms with Gasteiger partial charge >= 0.3 is 0 Å². The van der Waals surface area contributed by atoms with Crippen LogP contribution in [0.25, 0.3) is 0 Å². The van der Waals surface area contributed by atoms with E-state index in [2.05, 4.69) is 5.32 Å². The number of hydrogen-bond acceptors (Lipinski definition) is 3. The quantitative estimate of drug-likeness (QED) is 0.589. The average Bonchev–Trinajstić information content (AvgIpc) is 3.04. The maximum absolute atomic E-state index is 12.7. The molecule has 0 saturated heterocycles. The summed E-state index contributed by atoms with van der Waals surface area (Å²) in [6, 6.07) is 24.5. The number of amides is 3. The number of rotatable bonds is 7. The second-order valence-corrected chi connectivity index (χ2v) is 7.73. The molecule has 3 aromatic carbocycles. The van der Waals surface area contributed by atoms with Crippen LogP contribution in [0.15, 0.2) is 78.9 Å². The van der Waals surface area contributed by atoms with Crippen molar-refractivity contribution < 1.29 is 14.4 Å². The Hall–Kier alpha value is -3.73. The van der Waals surface area contributed by atoms with Crippen molar-refractivity contribution in [3.05, 3.63) is 107 Å². The van der Waals surface area contributed by atoms with E-state index < -0.39 is 0 Å². The lowest BCUT2D eigenvalue weighted by molar-refractivity contribution is -0.121. The average molecular weight is 412 g/mol. The fourth-order valence-electron chi connectivity index (χ4n) is 3.84. The van der Waals surface area contributed by atoms with Crippen molar-refractivity contribution in [2.75, 3.05) is 6.54 Å². The van der Waals surface area contributed by atoms with E-state index in [4.69, 9.17) is 0 Å². The van der Waals surface area contributed by atoms with Crippen molar-refractivity contribution >= 4 is 17.7 Å². The first-order valence-corrected chi connectivity index (χ1v) is 10.4. The molecule has 0 aliphatic carbocycles. The van der Waals surface area contributed by atoms with Gasteiger partial charge < -0.3 is 5.32 Å². The molecule has 31 heavy (non-hydrogen) atoms. The third-order valence-corrected chi connectivity index (χ3v) is 5.51. The summed E-state index contributed by atoms with van der Waals surface area (Å²) in [4.78, 5) is 38.9. The Kier molecular flexibility index (Phi) is 5.94. The predicted octanol–water partition coefficient (Wildman–Crippen LogP) is 4.28. The molecule has 1 aliphatic rings. The van der Waals surface area contributed by atoms with Gasteiger partial charge in [-0.2, -0.15) is 0 Å². The number of hydrogen-bond donors (Lipinski definition) is 1. The summed E-state index contributed by atoms with van der Waals surface area (Å²) in [7, 11) is 0. The van der Waals surface area contributed by atoms with Gasteiger partial charge in [-0.25, -0.2) is 0 Å². The molecule has 5 heteroatoms. The van der Waals surface area contributed by atoms with E-state index in [1.807, 2.05) is 61.5 Å². The lowest BCUT2D eigenvalue weighted by atomic mass is 9.97. The van der Waals surface area contributed by atoms with Gasteiger partial charge in [0.2, 0.25) is 5.91 Å². The Morgan fingerprint density at radius 3 is 1.97 bits per heavy atom. The van der Waals surface area contributed by atoms with Crippen molar-refractivity contribution in [2.45, 2.75) is 25.8 Å². The van der Waals surface area contributed by atoms with Gasteiger partial charge in [0.05, 0.1) is 17.2 Å². The first kappa shape index (κ1) is 20.5. The topological polar surface area (TPSA) is 66.5 Å². The minimum atomic E-state index is -0.289. The number of benzene rings is 3. The molecule has 1 heterocycles. The third kappa shape index (κ3) is 4.40. The zero-order valence-corrected chi connectivity index (χ0v) is 17.4. The first-order valence-electron chi connectivity index (χ1n) is 10.4. The molecule has 0 unspecified atom stereocenters. The van der Waals surface area contributed by atoms with Gasteiger partial charge in [0.15, 0.2) is 0 Å². The van der Waals surface area contributed by atoms with E-state index in [1.54, 1.807) is 24.3 Å². The van der Waals surface area contributed by atoms with Gasteiger partial charge in [0.25, 0.3) is 11.8 Å². The van der Waals surface area contributed by atoms with Gasteiger partial charge in [-0.3, -0.25) is 19.3 Å². The lowest BCUT2D eigenvalue weighted by Gasteiger charge is -2.20. The Labute approximate surface area is 181 Å². The van der Waals surface area contributed by atoms with Crippen LogP contribution in [-0.2, 0) is 4.79 Å². The van der Waals surface area contributed by atoms with Crippen LogP contribution in [0.1, 0.15) is 56.3 Å². The molecule has 0 radical (unpaired) electrons. The highest BCUT2D eigenvalue weighted by Crippen LogP contribution is 2.24. The Balaban J connectivity index is 1.39.